The van der Waals surface area contributed by atoms with Crippen molar-refractivity contribution >= 4 is 39.5 Å². The Morgan fingerprint density at radius 3 is 0.863 bits per heavy atom. The van der Waals surface area contributed by atoms with Crippen molar-refractivity contribution < 1.29 is 80.2 Å². The number of phosphoric acid groups is 2. The van der Waals surface area contributed by atoms with Crippen molar-refractivity contribution in [2.75, 3.05) is 39.6 Å². The maximum atomic E-state index is 13.1. The minimum Gasteiger partial charge on any atom is -0.462 e. The quantitative estimate of drug-likeness (QED) is 0.0169. The molecule has 0 amide bonds. The van der Waals surface area contributed by atoms with E-state index in [1.807, 2.05) is 30.4 Å². The van der Waals surface area contributed by atoms with Crippen LogP contribution in [0.4, 0.5) is 0 Å². The highest BCUT2D eigenvalue weighted by atomic mass is 31.2. The standard InChI is InChI=1S/C83H140O17P2/c1-5-9-13-17-21-25-29-33-35-37-38-40-42-46-50-54-58-62-66-70-83(88)100-79(74-94-81(86)68-64-60-56-52-48-45-41-39-36-34-30-26-22-18-14-10-6-2)76-98-102(91,92)96-72-77(84)71-95-101(89,90)97-75-78(99-82(87)69-65-61-57-53-49-44-32-28-24-20-16-12-8-4)73-93-80(85)67-63-59-55-51-47-43-31-27-23-19-15-11-7-3/h21-22,25-28,31-36,38,40-41,45-46,50,52,56,58,62,77-79,84H,5-20,23-24,29-30,37,39,42-44,47-49,51,53-55,57,59-61,63-76H2,1-4H3,(H,89,90)(H,91,92)/b25-21-,26-22-,31-27-,32-28-,35-33-,36-34-,40-38-,45-41-,50-46-,56-52-,62-58-/t77-,78+,79+/m0/s1. The molecular weight excluding hydrogens is 1330 g/mol. The van der Waals surface area contributed by atoms with Crippen LogP contribution in [-0.2, 0) is 65.4 Å². The molecule has 102 heavy (non-hydrogen) atoms. The van der Waals surface area contributed by atoms with E-state index < -0.39 is 97.5 Å². The Morgan fingerprint density at radius 1 is 0.275 bits per heavy atom. The highest BCUT2D eigenvalue weighted by molar-refractivity contribution is 7.47. The van der Waals surface area contributed by atoms with Gasteiger partial charge in [-0.2, -0.15) is 0 Å². The summed E-state index contributed by atoms with van der Waals surface area (Å²) in [5.74, 6) is -2.36. The fraction of sp³-hybridized carbons (Fsp3) is 0.687. The lowest BCUT2D eigenvalue weighted by Crippen LogP contribution is -2.30. The third-order valence-electron chi connectivity index (χ3n) is 16.1. The monoisotopic (exact) mass is 1470 g/mol. The molecular formula is C83H140O17P2. The van der Waals surface area contributed by atoms with E-state index in [2.05, 4.69) is 131 Å². The number of aliphatic hydroxyl groups is 1. The Hall–Kier alpha value is -4.80. The van der Waals surface area contributed by atoms with Gasteiger partial charge in [-0.3, -0.25) is 37.3 Å². The summed E-state index contributed by atoms with van der Waals surface area (Å²) in [6.45, 7) is 4.62. The maximum absolute atomic E-state index is 13.1. The van der Waals surface area contributed by atoms with Gasteiger partial charge in [-0.15, -0.1) is 0 Å². The molecule has 2 unspecified atom stereocenters. The number of hydrogen-bond donors (Lipinski definition) is 3. The predicted octanol–water partition coefficient (Wildman–Crippen LogP) is 22.9. The van der Waals surface area contributed by atoms with Crippen LogP contribution < -0.4 is 0 Å². The molecule has 584 valence electrons. The molecule has 17 nitrogen and oxygen atoms in total. The Kier molecular flexibility index (Phi) is 71.0. The van der Waals surface area contributed by atoms with Crippen molar-refractivity contribution in [1.29, 1.82) is 0 Å². The third-order valence-corrected chi connectivity index (χ3v) is 18.0. The second-order valence-corrected chi connectivity index (χ2v) is 28.8. The molecule has 0 aromatic rings. The lowest BCUT2D eigenvalue weighted by atomic mass is 10.1. The Bertz CT molecular complexity index is 2460. The second kappa shape index (κ2) is 74.5. The summed E-state index contributed by atoms with van der Waals surface area (Å²) in [6, 6.07) is 0. The number of carbonyl (C=O) groups excluding carboxylic acids is 4. The molecule has 0 rings (SSSR count). The number of phosphoric ester groups is 2. The van der Waals surface area contributed by atoms with Gasteiger partial charge in [0.15, 0.2) is 12.2 Å². The molecule has 0 bridgehead atoms. The van der Waals surface area contributed by atoms with E-state index in [-0.39, 0.29) is 25.7 Å². The molecule has 0 heterocycles. The van der Waals surface area contributed by atoms with E-state index in [4.69, 9.17) is 37.0 Å². The van der Waals surface area contributed by atoms with Gasteiger partial charge in [0.25, 0.3) is 0 Å². The fourth-order valence-corrected chi connectivity index (χ4v) is 11.6. The number of esters is 4. The summed E-state index contributed by atoms with van der Waals surface area (Å²) < 4.78 is 68.4. The van der Waals surface area contributed by atoms with Gasteiger partial charge in [-0.1, -0.05) is 264 Å². The zero-order chi connectivity index (χ0) is 74.6. The van der Waals surface area contributed by atoms with Crippen LogP contribution in [0.2, 0.25) is 0 Å². The van der Waals surface area contributed by atoms with Gasteiger partial charge in [0, 0.05) is 25.7 Å². The molecule has 0 aliphatic rings. The average molecular weight is 1470 g/mol. The van der Waals surface area contributed by atoms with Crippen molar-refractivity contribution in [3.63, 3.8) is 0 Å². The third kappa shape index (κ3) is 73.5. The van der Waals surface area contributed by atoms with Crippen LogP contribution in [0, 0.1) is 0 Å². The first-order chi connectivity index (χ1) is 49.7. The lowest BCUT2D eigenvalue weighted by Gasteiger charge is -2.21. The fourth-order valence-electron chi connectivity index (χ4n) is 10.0. The molecule has 19 heteroatoms. The molecule has 0 saturated carbocycles. The van der Waals surface area contributed by atoms with Crippen LogP contribution in [0.15, 0.2) is 134 Å². The normalized spacial score (nSPS) is 14.6. The molecule has 0 fully saturated rings. The molecule has 0 radical (unpaired) electrons. The molecule has 0 aromatic carbocycles. The van der Waals surface area contributed by atoms with Crippen LogP contribution in [0.5, 0.6) is 0 Å². The number of rotatable bonds is 73. The van der Waals surface area contributed by atoms with Gasteiger partial charge in [0.1, 0.15) is 19.3 Å². The zero-order valence-electron chi connectivity index (χ0n) is 63.7. The number of hydrogen-bond acceptors (Lipinski definition) is 15. The number of aliphatic hydroxyl groups excluding tert-OH is 1. The number of unbranched alkanes of at least 4 members (excludes halogenated alkanes) is 25. The van der Waals surface area contributed by atoms with Crippen LogP contribution in [-0.4, -0.2) is 96.7 Å². The van der Waals surface area contributed by atoms with Gasteiger partial charge in [-0.25, -0.2) is 9.13 Å². The molecule has 0 aromatic heterocycles. The van der Waals surface area contributed by atoms with E-state index in [0.29, 0.717) is 38.5 Å². The van der Waals surface area contributed by atoms with Crippen LogP contribution >= 0.6 is 15.6 Å². The predicted molar refractivity (Wildman–Crippen MR) is 418 cm³/mol. The van der Waals surface area contributed by atoms with Gasteiger partial charge in [-0.05, 0) is 154 Å². The second-order valence-electron chi connectivity index (χ2n) is 25.9. The first kappa shape index (κ1) is 97.2. The van der Waals surface area contributed by atoms with Crippen LogP contribution in [0.1, 0.15) is 310 Å². The van der Waals surface area contributed by atoms with Crippen LogP contribution in [0.25, 0.3) is 0 Å². The molecule has 0 aliphatic heterocycles. The molecule has 0 saturated heterocycles. The molecule has 0 spiro atoms. The minimum absolute atomic E-state index is 0.0435. The van der Waals surface area contributed by atoms with Crippen molar-refractivity contribution in [3.05, 3.63) is 134 Å². The van der Waals surface area contributed by atoms with Crippen LogP contribution in [0.3, 0.4) is 0 Å². The smallest absolute Gasteiger partial charge is 0.462 e. The summed E-state index contributed by atoms with van der Waals surface area (Å²) in [5.41, 5.74) is 0. The van der Waals surface area contributed by atoms with E-state index in [0.717, 1.165) is 128 Å². The zero-order valence-corrected chi connectivity index (χ0v) is 65.5. The Labute approximate surface area is 618 Å². The van der Waals surface area contributed by atoms with E-state index in [1.54, 1.807) is 0 Å². The lowest BCUT2D eigenvalue weighted by molar-refractivity contribution is -0.161. The Morgan fingerprint density at radius 2 is 0.510 bits per heavy atom. The maximum Gasteiger partial charge on any atom is 0.472 e. The van der Waals surface area contributed by atoms with E-state index in [9.17, 15) is 43.2 Å². The summed E-state index contributed by atoms with van der Waals surface area (Å²) >= 11 is 0. The van der Waals surface area contributed by atoms with Crippen molar-refractivity contribution in [2.45, 2.75) is 329 Å². The summed E-state index contributed by atoms with van der Waals surface area (Å²) in [7, 11) is -10.0. The van der Waals surface area contributed by atoms with E-state index in [1.165, 1.54) is 89.9 Å². The summed E-state index contributed by atoms with van der Waals surface area (Å²) in [6.07, 6.45) is 83.2. The van der Waals surface area contributed by atoms with Gasteiger partial charge in [0.2, 0.25) is 0 Å². The highest BCUT2D eigenvalue weighted by Crippen LogP contribution is 2.45. The summed E-state index contributed by atoms with van der Waals surface area (Å²) in [5, 5.41) is 10.6. The van der Waals surface area contributed by atoms with Crippen molar-refractivity contribution in [1.82, 2.24) is 0 Å². The van der Waals surface area contributed by atoms with Crippen molar-refractivity contribution in [2.24, 2.45) is 0 Å². The number of allylic oxidation sites excluding steroid dienone is 22. The minimum atomic E-state index is -5.01. The first-order valence-corrected chi connectivity index (χ1v) is 42.4. The summed E-state index contributed by atoms with van der Waals surface area (Å²) in [4.78, 5) is 72.9. The number of carbonyl (C=O) groups is 4. The van der Waals surface area contributed by atoms with Gasteiger partial charge >= 0.3 is 39.5 Å². The largest absolute Gasteiger partial charge is 0.472 e. The topological polar surface area (TPSA) is 237 Å². The highest BCUT2D eigenvalue weighted by Gasteiger charge is 2.30. The van der Waals surface area contributed by atoms with Gasteiger partial charge in [0.05, 0.1) is 26.4 Å². The average Bonchev–Trinajstić information content (AvgIpc) is 0.907. The Balaban J connectivity index is 5.49. The van der Waals surface area contributed by atoms with Crippen molar-refractivity contribution in [3.8, 4) is 0 Å². The molecule has 0 aliphatic carbocycles. The number of ether oxygens (including phenoxy) is 4. The SMILES string of the molecule is CCCCC/C=C\C/C=C\C/C=C\C/C=C\C/C=C\CCC(=O)O[C@H](COC(=O)CCC/C=C\C/C=C\C/C=C\C/C=C\CCCCC)COP(=O)(O)OC[C@@H](O)COP(=O)(O)OC[C@@H](COC(=O)CCCCCCC/C=C\CCCCCC)OC(=O)CCCCCCC/C=C\CCCCCC. The van der Waals surface area contributed by atoms with E-state index >= 15 is 0 Å². The molecule has 3 N–H and O–H groups in total. The molecule has 5 atom stereocenters. The van der Waals surface area contributed by atoms with Gasteiger partial charge < -0.3 is 33.8 Å². The first-order valence-electron chi connectivity index (χ1n) is 39.4.